The molecule has 0 aliphatic heterocycles. The molecule has 7 heteroatoms. The van der Waals surface area contributed by atoms with Crippen molar-refractivity contribution in [3.8, 4) is 5.75 Å². The van der Waals surface area contributed by atoms with Gasteiger partial charge in [0.1, 0.15) is 17.4 Å². The number of pyridine rings is 1. The third-order valence-corrected chi connectivity index (χ3v) is 3.80. The molecule has 1 aromatic carbocycles. The number of nitrogens with two attached hydrogens (primary N) is 1. The molecule has 0 atom stereocenters. The third kappa shape index (κ3) is 3.29. The summed E-state index contributed by atoms with van der Waals surface area (Å²) in [6, 6.07) is 8.98. The van der Waals surface area contributed by atoms with Crippen molar-refractivity contribution in [2.24, 2.45) is 0 Å². The van der Waals surface area contributed by atoms with E-state index in [1.54, 1.807) is 31.2 Å². The quantitative estimate of drug-likeness (QED) is 0.746. The molecule has 0 fully saturated rings. The maximum Gasteiger partial charge on any atom is 0.255 e. The number of rotatable bonds is 5. The van der Waals surface area contributed by atoms with Crippen LogP contribution in [0.3, 0.4) is 0 Å². The molecule has 0 aliphatic rings. The number of benzene rings is 1. The van der Waals surface area contributed by atoms with Crippen molar-refractivity contribution in [2.45, 2.75) is 6.42 Å². The highest BCUT2D eigenvalue weighted by Gasteiger charge is 2.13. The number of imidazole rings is 1. The van der Waals surface area contributed by atoms with Gasteiger partial charge in [-0.3, -0.25) is 4.79 Å². The van der Waals surface area contributed by atoms with Crippen LogP contribution in [0.4, 0.5) is 5.82 Å². The lowest BCUT2D eigenvalue weighted by Crippen LogP contribution is -2.29. The fraction of sp³-hybridized carbons (Fsp3) is 0.235. The van der Waals surface area contributed by atoms with Gasteiger partial charge in [-0.25, -0.2) is 9.97 Å². The SMILES string of the molecule is COc1ccc2nc(CCN(C)C(=O)c3ccc(N)nc3)[nH]c2c1. The molecule has 3 N–H and O–H groups in total. The minimum atomic E-state index is -0.0970. The fourth-order valence-corrected chi connectivity index (χ4v) is 2.41. The zero-order chi connectivity index (χ0) is 17.1. The summed E-state index contributed by atoms with van der Waals surface area (Å²) < 4.78 is 5.20. The summed E-state index contributed by atoms with van der Waals surface area (Å²) in [6.07, 6.45) is 2.11. The molecular formula is C17H19N5O2. The van der Waals surface area contributed by atoms with Gasteiger partial charge in [0.25, 0.3) is 5.91 Å². The van der Waals surface area contributed by atoms with Gasteiger partial charge in [-0.2, -0.15) is 0 Å². The minimum absolute atomic E-state index is 0.0970. The van der Waals surface area contributed by atoms with Gasteiger partial charge >= 0.3 is 0 Å². The van der Waals surface area contributed by atoms with Crippen molar-refractivity contribution in [3.05, 3.63) is 47.9 Å². The van der Waals surface area contributed by atoms with Crippen LogP contribution in [-0.2, 0) is 6.42 Å². The number of anilines is 1. The first-order valence-corrected chi connectivity index (χ1v) is 7.56. The number of aromatic amines is 1. The standard InChI is InChI=1S/C17H19N5O2/c1-22(17(23)11-3-6-15(18)19-10-11)8-7-16-20-13-5-4-12(24-2)9-14(13)21-16/h3-6,9-10H,7-8H2,1-2H3,(H2,18,19)(H,20,21). The van der Waals surface area contributed by atoms with E-state index in [0.29, 0.717) is 24.3 Å². The molecule has 3 aromatic rings. The van der Waals surface area contributed by atoms with Crippen LogP contribution < -0.4 is 10.5 Å². The molecular weight excluding hydrogens is 306 g/mol. The van der Waals surface area contributed by atoms with Gasteiger partial charge in [0, 0.05) is 32.3 Å². The van der Waals surface area contributed by atoms with Crippen molar-refractivity contribution < 1.29 is 9.53 Å². The number of fused-ring (bicyclic) bond motifs is 1. The summed E-state index contributed by atoms with van der Waals surface area (Å²) in [5.41, 5.74) is 7.85. The van der Waals surface area contributed by atoms with Gasteiger partial charge in [0.15, 0.2) is 0 Å². The van der Waals surface area contributed by atoms with E-state index in [0.717, 1.165) is 22.6 Å². The van der Waals surface area contributed by atoms with Gasteiger partial charge in [-0.15, -0.1) is 0 Å². The zero-order valence-electron chi connectivity index (χ0n) is 13.6. The van der Waals surface area contributed by atoms with Crippen LogP contribution in [0.25, 0.3) is 11.0 Å². The maximum atomic E-state index is 12.3. The Balaban J connectivity index is 1.66. The molecule has 0 saturated heterocycles. The molecule has 0 unspecified atom stereocenters. The minimum Gasteiger partial charge on any atom is -0.497 e. The molecule has 24 heavy (non-hydrogen) atoms. The van der Waals surface area contributed by atoms with Gasteiger partial charge < -0.3 is 20.4 Å². The van der Waals surface area contributed by atoms with E-state index >= 15 is 0 Å². The number of likely N-dealkylation sites (N-methyl/N-ethyl adjacent to an activating group) is 1. The van der Waals surface area contributed by atoms with Crippen LogP contribution in [0, 0.1) is 0 Å². The highest BCUT2D eigenvalue weighted by atomic mass is 16.5. The van der Waals surface area contributed by atoms with E-state index in [1.165, 1.54) is 6.20 Å². The van der Waals surface area contributed by atoms with Crippen molar-refractivity contribution in [2.75, 3.05) is 26.4 Å². The summed E-state index contributed by atoms with van der Waals surface area (Å²) in [4.78, 5) is 25.7. The first kappa shape index (κ1) is 15.8. The highest BCUT2D eigenvalue weighted by molar-refractivity contribution is 5.93. The third-order valence-electron chi connectivity index (χ3n) is 3.80. The monoisotopic (exact) mass is 325 g/mol. The number of nitrogen functional groups attached to an aromatic ring is 1. The van der Waals surface area contributed by atoms with E-state index in [9.17, 15) is 4.79 Å². The summed E-state index contributed by atoms with van der Waals surface area (Å²) >= 11 is 0. The summed E-state index contributed by atoms with van der Waals surface area (Å²) in [7, 11) is 3.38. The molecule has 0 aliphatic carbocycles. The van der Waals surface area contributed by atoms with Crippen LogP contribution in [0.2, 0.25) is 0 Å². The molecule has 3 rings (SSSR count). The smallest absolute Gasteiger partial charge is 0.255 e. The molecule has 0 bridgehead atoms. The lowest BCUT2D eigenvalue weighted by molar-refractivity contribution is 0.0796. The number of aromatic nitrogens is 3. The van der Waals surface area contributed by atoms with Crippen molar-refractivity contribution in [3.63, 3.8) is 0 Å². The van der Waals surface area contributed by atoms with Crippen LogP contribution in [0.1, 0.15) is 16.2 Å². The van der Waals surface area contributed by atoms with Gasteiger partial charge in [-0.1, -0.05) is 0 Å². The molecule has 0 spiro atoms. The Bertz CT molecular complexity index is 857. The number of hydrogen-bond acceptors (Lipinski definition) is 5. The fourth-order valence-electron chi connectivity index (χ4n) is 2.41. The predicted octanol–water partition coefficient (Wildman–Crippen LogP) is 1.86. The maximum absolute atomic E-state index is 12.3. The second-order valence-electron chi connectivity index (χ2n) is 5.52. The normalized spacial score (nSPS) is 10.8. The molecule has 1 amide bonds. The first-order chi connectivity index (χ1) is 11.6. The average molecular weight is 325 g/mol. The summed E-state index contributed by atoms with van der Waals surface area (Å²) in [6.45, 7) is 0.542. The van der Waals surface area contributed by atoms with Gasteiger partial charge in [0.05, 0.1) is 23.7 Å². The Kier molecular flexibility index (Phi) is 4.33. The second kappa shape index (κ2) is 6.57. The Labute approximate surface area is 139 Å². The number of amides is 1. The Morgan fingerprint density at radius 2 is 2.17 bits per heavy atom. The number of hydrogen-bond donors (Lipinski definition) is 2. The lowest BCUT2D eigenvalue weighted by Gasteiger charge is -2.16. The number of carbonyl (C=O) groups excluding carboxylic acids is 1. The van der Waals surface area contributed by atoms with Crippen LogP contribution >= 0.6 is 0 Å². The van der Waals surface area contributed by atoms with Crippen molar-refractivity contribution in [1.82, 2.24) is 19.9 Å². The average Bonchev–Trinajstić information content (AvgIpc) is 3.01. The molecule has 2 heterocycles. The van der Waals surface area contributed by atoms with E-state index in [-0.39, 0.29) is 5.91 Å². The molecule has 2 aromatic heterocycles. The second-order valence-corrected chi connectivity index (χ2v) is 5.52. The van der Waals surface area contributed by atoms with E-state index < -0.39 is 0 Å². The summed E-state index contributed by atoms with van der Waals surface area (Å²) in [5.74, 6) is 1.90. The lowest BCUT2D eigenvalue weighted by atomic mass is 10.2. The molecule has 124 valence electrons. The molecule has 0 saturated carbocycles. The highest BCUT2D eigenvalue weighted by Crippen LogP contribution is 2.19. The van der Waals surface area contributed by atoms with Crippen molar-refractivity contribution >= 4 is 22.8 Å². The van der Waals surface area contributed by atoms with Crippen LogP contribution in [-0.4, -0.2) is 46.5 Å². The topological polar surface area (TPSA) is 97.1 Å². The van der Waals surface area contributed by atoms with E-state index in [4.69, 9.17) is 10.5 Å². The first-order valence-electron chi connectivity index (χ1n) is 7.56. The number of nitrogens with one attached hydrogen (secondary N) is 1. The van der Waals surface area contributed by atoms with Gasteiger partial charge in [0.2, 0.25) is 0 Å². The number of ether oxygens (including phenoxy) is 1. The largest absolute Gasteiger partial charge is 0.497 e. The predicted molar refractivity (Wildman–Crippen MR) is 92.0 cm³/mol. The van der Waals surface area contributed by atoms with E-state index in [1.807, 2.05) is 18.2 Å². The van der Waals surface area contributed by atoms with E-state index in [2.05, 4.69) is 15.0 Å². The Hall–Kier alpha value is -3.09. The van der Waals surface area contributed by atoms with Crippen LogP contribution in [0.15, 0.2) is 36.5 Å². The number of methoxy groups -OCH3 is 1. The molecule has 7 nitrogen and oxygen atoms in total. The summed E-state index contributed by atoms with van der Waals surface area (Å²) in [5, 5.41) is 0. The molecule has 0 radical (unpaired) electrons. The number of nitrogens with zero attached hydrogens (tertiary/aromatic N) is 3. The number of H-pyrrole nitrogens is 1. The number of carbonyl (C=O) groups is 1. The Morgan fingerprint density at radius 1 is 1.33 bits per heavy atom. The van der Waals surface area contributed by atoms with Crippen molar-refractivity contribution in [1.29, 1.82) is 0 Å². The van der Waals surface area contributed by atoms with Gasteiger partial charge in [-0.05, 0) is 24.3 Å². The Morgan fingerprint density at radius 3 is 2.88 bits per heavy atom. The zero-order valence-corrected chi connectivity index (χ0v) is 13.6. The van der Waals surface area contributed by atoms with Crippen LogP contribution in [0.5, 0.6) is 5.75 Å².